The molecule has 2 fully saturated rings. The van der Waals surface area contributed by atoms with Gasteiger partial charge in [-0.1, -0.05) is 0 Å². The van der Waals surface area contributed by atoms with Gasteiger partial charge in [0.1, 0.15) is 11.7 Å². The van der Waals surface area contributed by atoms with Gasteiger partial charge in [0.05, 0.1) is 32.4 Å². The van der Waals surface area contributed by atoms with Gasteiger partial charge >= 0.3 is 0 Å². The second-order valence-electron chi connectivity index (χ2n) is 8.19. The second kappa shape index (κ2) is 7.68. The zero-order chi connectivity index (χ0) is 21.7. The van der Waals surface area contributed by atoms with Crippen molar-refractivity contribution in [2.24, 2.45) is 0 Å². The number of alkyl halides is 1. The number of aromatic nitrogens is 6. The van der Waals surface area contributed by atoms with Crippen LogP contribution in [0.3, 0.4) is 0 Å². The summed E-state index contributed by atoms with van der Waals surface area (Å²) in [6.07, 6.45) is 8.76. The highest BCUT2D eigenvalue weighted by molar-refractivity contribution is 5.84. The van der Waals surface area contributed by atoms with Crippen LogP contribution < -0.4 is 10.1 Å². The molecule has 4 aromatic heterocycles. The molecular weight excluding hydrogens is 415 g/mol. The fraction of sp³-hybridized carbons (Fsp3) is 0.429. The van der Waals surface area contributed by atoms with Crippen LogP contribution in [0.5, 0.6) is 5.88 Å². The second-order valence-corrected chi connectivity index (χ2v) is 8.19. The van der Waals surface area contributed by atoms with Crippen LogP contribution in [0.25, 0.3) is 22.4 Å². The van der Waals surface area contributed by atoms with Crippen molar-refractivity contribution < 1.29 is 13.9 Å². The lowest BCUT2D eigenvalue weighted by atomic mass is 10.0. The zero-order valence-electron chi connectivity index (χ0n) is 17.6. The maximum Gasteiger partial charge on any atom is 0.244 e. The number of ether oxygens (including phenoxy) is 2. The molecule has 4 aromatic rings. The minimum atomic E-state index is -1.01. The van der Waals surface area contributed by atoms with E-state index in [1.165, 1.54) is 0 Å². The molecule has 0 amide bonds. The molecule has 0 spiro atoms. The highest BCUT2D eigenvalue weighted by atomic mass is 19.1. The van der Waals surface area contributed by atoms with Crippen molar-refractivity contribution in [2.45, 2.75) is 24.7 Å². The molecule has 0 bridgehead atoms. The summed E-state index contributed by atoms with van der Waals surface area (Å²) in [6.45, 7) is 2.60. The van der Waals surface area contributed by atoms with Crippen LogP contribution in [0, 0.1) is 0 Å². The van der Waals surface area contributed by atoms with E-state index in [-0.39, 0.29) is 6.04 Å². The molecule has 32 heavy (non-hydrogen) atoms. The van der Waals surface area contributed by atoms with E-state index in [1.807, 2.05) is 29.1 Å². The molecular formula is C21H23FN8O2. The Morgan fingerprint density at radius 2 is 2.16 bits per heavy atom. The normalized spacial score (nSPS) is 22.3. The summed E-state index contributed by atoms with van der Waals surface area (Å²) in [5.41, 5.74) is 2.49. The molecule has 2 saturated heterocycles. The molecule has 11 heteroatoms. The van der Waals surface area contributed by atoms with Gasteiger partial charge in [-0.2, -0.15) is 4.98 Å². The van der Waals surface area contributed by atoms with Gasteiger partial charge in [-0.15, -0.1) is 5.10 Å². The lowest BCUT2D eigenvalue weighted by molar-refractivity contribution is -0.0794. The molecule has 1 N–H and O–H groups in total. The monoisotopic (exact) mass is 438 g/mol. The highest BCUT2D eigenvalue weighted by Gasteiger charge is 2.35. The number of halogens is 1. The number of piperidine rings is 1. The van der Waals surface area contributed by atoms with E-state index in [0.717, 1.165) is 23.2 Å². The Kier molecular flexibility index (Phi) is 4.65. The lowest BCUT2D eigenvalue weighted by Gasteiger charge is -2.42. The Hall–Kier alpha value is -3.31. The summed E-state index contributed by atoms with van der Waals surface area (Å²) in [5.74, 6) is 1.38. The van der Waals surface area contributed by atoms with Crippen LogP contribution in [0.1, 0.15) is 6.42 Å². The average Bonchev–Trinajstić information content (AvgIpc) is 3.40. The van der Waals surface area contributed by atoms with Crippen molar-refractivity contribution in [3.05, 3.63) is 37.1 Å². The van der Waals surface area contributed by atoms with Gasteiger partial charge in [-0.3, -0.25) is 9.30 Å². The van der Waals surface area contributed by atoms with Crippen LogP contribution in [0.2, 0.25) is 0 Å². The van der Waals surface area contributed by atoms with E-state index in [1.54, 1.807) is 24.0 Å². The molecule has 2 aliphatic rings. The fourth-order valence-corrected chi connectivity index (χ4v) is 4.41. The zero-order valence-corrected chi connectivity index (χ0v) is 17.6. The molecule has 0 radical (unpaired) electrons. The van der Waals surface area contributed by atoms with Gasteiger partial charge in [0.25, 0.3) is 0 Å². The number of likely N-dealkylation sites (tertiary alicyclic amines) is 1. The van der Waals surface area contributed by atoms with E-state index < -0.39 is 6.17 Å². The number of hydrogen-bond donors (Lipinski definition) is 1. The number of rotatable bonds is 5. The molecule has 2 atom stereocenters. The van der Waals surface area contributed by atoms with Gasteiger partial charge in [-0.05, 0) is 12.5 Å². The lowest BCUT2D eigenvalue weighted by Crippen LogP contribution is -2.57. The summed E-state index contributed by atoms with van der Waals surface area (Å²) in [6, 6.07) is 1.93. The maximum atomic E-state index is 14.9. The van der Waals surface area contributed by atoms with E-state index >= 15 is 0 Å². The molecule has 10 nitrogen and oxygen atoms in total. The fourth-order valence-electron chi connectivity index (χ4n) is 4.41. The summed E-state index contributed by atoms with van der Waals surface area (Å²) in [5, 5.41) is 7.75. The molecule has 0 aromatic carbocycles. The molecule has 0 unspecified atom stereocenters. The summed E-state index contributed by atoms with van der Waals surface area (Å²) < 4.78 is 29.2. The van der Waals surface area contributed by atoms with E-state index in [2.05, 4.69) is 30.3 Å². The molecule has 6 rings (SSSR count). The molecule has 2 aliphatic heterocycles. The quantitative estimate of drug-likeness (QED) is 0.503. The number of nitrogens with one attached hydrogen (secondary N) is 1. The first-order valence-corrected chi connectivity index (χ1v) is 10.6. The first-order chi connectivity index (χ1) is 15.7. The predicted octanol–water partition coefficient (Wildman–Crippen LogP) is 1.67. The van der Waals surface area contributed by atoms with Gasteiger partial charge in [0, 0.05) is 55.2 Å². The van der Waals surface area contributed by atoms with E-state index in [0.29, 0.717) is 49.8 Å². The summed E-state index contributed by atoms with van der Waals surface area (Å²) in [4.78, 5) is 15.3. The van der Waals surface area contributed by atoms with Crippen molar-refractivity contribution in [3.8, 4) is 17.0 Å². The third kappa shape index (κ3) is 3.24. The third-order valence-corrected chi connectivity index (χ3v) is 6.25. The Morgan fingerprint density at radius 3 is 2.94 bits per heavy atom. The van der Waals surface area contributed by atoms with Crippen molar-refractivity contribution in [2.75, 3.05) is 38.7 Å². The first-order valence-electron chi connectivity index (χ1n) is 10.6. The minimum absolute atomic E-state index is 0.341. The molecule has 0 aliphatic carbocycles. The van der Waals surface area contributed by atoms with Gasteiger partial charge in [-0.25, -0.2) is 18.9 Å². The van der Waals surface area contributed by atoms with Crippen molar-refractivity contribution in [1.29, 1.82) is 0 Å². The number of hydrogen-bond acceptors (Lipinski definition) is 8. The van der Waals surface area contributed by atoms with Crippen LogP contribution in [0.15, 0.2) is 37.1 Å². The predicted molar refractivity (Wildman–Crippen MR) is 115 cm³/mol. The summed E-state index contributed by atoms with van der Waals surface area (Å²) in [7, 11) is 1.57. The highest BCUT2D eigenvalue weighted by Crippen LogP contribution is 2.31. The first kappa shape index (κ1) is 19.4. The number of anilines is 1. The largest absolute Gasteiger partial charge is 0.479 e. The van der Waals surface area contributed by atoms with Crippen molar-refractivity contribution >= 4 is 17.2 Å². The van der Waals surface area contributed by atoms with Crippen molar-refractivity contribution in [3.63, 3.8) is 0 Å². The van der Waals surface area contributed by atoms with Crippen molar-refractivity contribution in [1.82, 2.24) is 33.9 Å². The Balaban J connectivity index is 1.28. The van der Waals surface area contributed by atoms with Crippen LogP contribution >= 0.6 is 0 Å². The van der Waals surface area contributed by atoms with E-state index in [4.69, 9.17) is 9.47 Å². The van der Waals surface area contributed by atoms with Crippen LogP contribution in [0.4, 0.5) is 10.3 Å². The Morgan fingerprint density at radius 1 is 1.25 bits per heavy atom. The number of fused-ring (bicyclic) bond motifs is 2. The van der Waals surface area contributed by atoms with E-state index in [9.17, 15) is 4.39 Å². The van der Waals surface area contributed by atoms with Crippen LogP contribution in [-0.4, -0.2) is 85.5 Å². The molecule has 166 valence electrons. The third-order valence-electron chi connectivity index (χ3n) is 6.25. The Labute approximate surface area is 183 Å². The molecule has 0 saturated carbocycles. The molecule has 6 heterocycles. The average molecular weight is 438 g/mol. The van der Waals surface area contributed by atoms with Crippen LogP contribution in [-0.2, 0) is 4.74 Å². The SMILES string of the molecule is COc1nc(N[C@H]2CCN(C3COC3)C[C@H]2F)nn2ccc(-c3cnc4nccn4c3)c12. The number of nitrogens with zero attached hydrogens (tertiary/aromatic N) is 7. The standard InChI is InChI=1S/C21H23FN8O2/c1-31-19-18-15(13-8-24-21-23-4-7-29(21)9-13)2-6-30(18)27-20(26-19)25-17-3-5-28(10-16(17)22)14-11-32-12-14/h2,4,6-9,14,16-17H,3,5,10-12H2,1H3,(H,25,27)/t16-,17+/m1/s1. The van der Waals surface area contributed by atoms with Gasteiger partial charge in [0.2, 0.25) is 17.6 Å². The number of imidazole rings is 1. The van der Waals surface area contributed by atoms with Gasteiger partial charge < -0.3 is 14.8 Å². The minimum Gasteiger partial charge on any atom is -0.479 e. The maximum absolute atomic E-state index is 14.9. The number of methoxy groups -OCH3 is 1. The topological polar surface area (TPSA) is 94.1 Å². The smallest absolute Gasteiger partial charge is 0.244 e. The van der Waals surface area contributed by atoms with Gasteiger partial charge in [0.15, 0.2) is 0 Å². The summed E-state index contributed by atoms with van der Waals surface area (Å²) >= 11 is 0. The Bertz CT molecular complexity index is 1270.